The Bertz CT molecular complexity index is 972. The molecular formula is C20H19N3O3. The lowest BCUT2D eigenvalue weighted by atomic mass is 10.0. The topological polar surface area (TPSA) is 88.1 Å². The first-order valence-corrected chi connectivity index (χ1v) is 8.47. The van der Waals surface area contributed by atoms with Crippen molar-refractivity contribution in [2.24, 2.45) is 0 Å². The Balaban J connectivity index is 2.17. The summed E-state index contributed by atoms with van der Waals surface area (Å²) in [6.07, 6.45) is 3.85. The molecule has 0 aliphatic heterocycles. The van der Waals surface area contributed by atoms with Crippen molar-refractivity contribution < 1.29 is 13.9 Å². The lowest BCUT2D eigenvalue weighted by Gasteiger charge is -2.15. The maximum Gasteiger partial charge on any atom is 0.341 e. The van der Waals surface area contributed by atoms with Gasteiger partial charge in [0.2, 0.25) is 0 Å². The average molecular weight is 349 g/mol. The molecule has 6 nitrogen and oxygen atoms in total. The third kappa shape index (κ3) is 3.38. The second-order valence-electron chi connectivity index (χ2n) is 5.70. The zero-order valence-corrected chi connectivity index (χ0v) is 14.7. The molecule has 0 bridgehead atoms. The van der Waals surface area contributed by atoms with E-state index in [2.05, 4.69) is 16.4 Å². The molecule has 0 radical (unpaired) electrons. The average Bonchev–Trinajstić information content (AvgIpc) is 3.18. The SMILES string of the molecule is CCOC(=O)c1cnc2c(CC)cc(C#N)cc2c1NCc1ccco1. The molecule has 0 fully saturated rings. The van der Waals surface area contributed by atoms with Gasteiger partial charge in [-0.05, 0) is 43.2 Å². The van der Waals surface area contributed by atoms with Crippen LogP contribution < -0.4 is 5.32 Å². The number of nitrogens with zero attached hydrogens (tertiary/aromatic N) is 2. The number of aromatic nitrogens is 1. The number of anilines is 1. The molecule has 0 atom stereocenters. The number of carbonyl (C=O) groups is 1. The third-order valence-corrected chi connectivity index (χ3v) is 4.08. The minimum absolute atomic E-state index is 0.271. The molecule has 26 heavy (non-hydrogen) atoms. The van der Waals surface area contributed by atoms with Gasteiger partial charge < -0.3 is 14.5 Å². The molecule has 2 aromatic heterocycles. The summed E-state index contributed by atoms with van der Waals surface area (Å²) >= 11 is 0. The highest BCUT2D eigenvalue weighted by atomic mass is 16.5. The van der Waals surface area contributed by atoms with Crippen molar-refractivity contribution in [1.82, 2.24) is 4.98 Å². The van der Waals surface area contributed by atoms with Crippen LogP contribution in [0.4, 0.5) is 5.69 Å². The summed E-state index contributed by atoms with van der Waals surface area (Å²) in [4.78, 5) is 16.9. The molecule has 3 aromatic rings. The van der Waals surface area contributed by atoms with Crippen LogP contribution in [0.1, 0.15) is 41.1 Å². The highest BCUT2D eigenvalue weighted by molar-refractivity contribution is 6.05. The Labute approximate surface area is 151 Å². The Hall–Kier alpha value is -3.33. The zero-order chi connectivity index (χ0) is 18.5. The number of rotatable bonds is 6. The summed E-state index contributed by atoms with van der Waals surface area (Å²) < 4.78 is 10.5. The molecule has 132 valence electrons. The van der Waals surface area contributed by atoms with Gasteiger partial charge >= 0.3 is 5.97 Å². The number of hydrogen-bond acceptors (Lipinski definition) is 6. The number of ether oxygens (including phenoxy) is 1. The fourth-order valence-corrected chi connectivity index (χ4v) is 2.85. The zero-order valence-electron chi connectivity index (χ0n) is 14.7. The van der Waals surface area contributed by atoms with Crippen molar-refractivity contribution >= 4 is 22.6 Å². The van der Waals surface area contributed by atoms with E-state index in [1.807, 2.05) is 19.1 Å². The van der Waals surface area contributed by atoms with Gasteiger partial charge in [-0.2, -0.15) is 5.26 Å². The molecule has 0 saturated carbocycles. The van der Waals surface area contributed by atoms with Crippen LogP contribution in [0, 0.1) is 11.3 Å². The quantitative estimate of drug-likeness (QED) is 0.675. The number of esters is 1. The number of benzene rings is 1. The Morgan fingerprint density at radius 1 is 1.38 bits per heavy atom. The number of fused-ring (bicyclic) bond motifs is 1. The lowest BCUT2D eigenvalue weighted by Crippen LogP contribution is -2.11. The van der Waals surface area contributed by atoms with Crippen LogP contribution in [0.3, 0.4) is 0 Å². The highest BCUT2D eigenvalue weighted by Gasteiger charge is 2.19. The number of nitriles is 1. The van der Waals surface area contributed by atoms with E-state index in [1.165, 1.54) is 6.20 Å². The summed E-state index contributed by atoms with van der Waals surface area (Å²) in [5, 5.41) is 13.3. The van der Waals surface area contributed by atoms with Crippen LogP contribution in [-0.4, -0.2) is 17.6 Å². The first-order valence-electron chi connectivity index (χ1n) is 8.47. The van der Waals surface area contributed by atoms with E-state index in [1.54, 1.807) is 25.3 Å². The molecule has 0 aliphatic carbocycles. The maximum atomic E-state index is 12.4. The van der Waals surface area contributed by atoms with Crippen LogP contribution >= 0.6 is 0 Å². The molecule has 0 unspecified atom stereocenters. The van der Waals surface area contributed by atoms with Crippen molar-refractivity contribution in [3.8, 4) is 6.07 Å². The molecule has 0 amide bonds. The molecule has 3 rings (SSSR count). The summed E-state index contributed by atoms with van der Waals surface area (Å²) in [6, 6.07) is 9.40. The number of furan rings is 1. The number of pyridine rings is 1. The van der Waals surface area contributed by atoms with E-state index in [4.69, 9.17) is 9.15 Å². The number of hydrogen-bond donors (Lipinski definition) is 1. The summed E-state index contributed by atoms with van der Waals surface area (Å²) in [6.45, 7) is 4.43. The first-order chi connectivity index (χ1) is 12.7. The molecule has 0 spiro atoms. The van der Waals surface area contributed by atoms with Crippen molar-refractivity contribution in [2.45, 2.75) is 26.8 Å². The predicted octanol–water partition coefficient (Wildman–Crippen LogP) is 4.05. The van der Waals surface area contributed by atoms with E-state index in [0.717, 1.165) is 28.6 Å². The van der Waals surface area contributed by atoms with Crippen molar-refractivity contribution in [3.63, 3.8) is 0 Å². The van der Waals surface area contributed by atoms with E-state index < -0.39 is 5.97 Å². The molecule has 6 heteroatoms. The minimum Gasteiger partial charge on any atom is -0.467 e. The molecule has 1 N–H and O–H groups in total. The van der Waals surface area contributed by atoms with Gasteiger partial charge in [0.1, 0.15) is 11.3 Å². The maximum absolute atomic E-state index is 12.4. The normalized spacial score (nSPS) is 10.5. The molecule has 1 aromatic carbocycles. The standard InChI is InChI=1S/C20H19N3O3/c1-3-14-8-13(10-21)9-16-18(14)23-12-17(20(24)25-4-2)19(16)22-11-15-6-5-7-26-15/h5-9,12H,3-4,11H2,1-2H3,(H,22,23). The van der Waals surface area contributed by atoms with Gasteiger partial charge in [0.05, 0.1) is 42.3 Å². The molecule has 0 saturated heterocycles. The van der Waals surface area contributed by atoms with Crippen LogP contribution in [-0.2, 0) is 17.7 Å². The molecular weight excluding hydrogens is 330 g/mol. The van der Waals surface area contributed by atoms with E-state index >= 15 is 0 Å². The second-order valence-corrected chi connectivity index (χ2v) is 5.70. The van der Waals surface area contributed by atoms with Gasteiger partial charge in [0, 0.05) is 11.6 Å². The largest absolute Gasteiger partial charge is 0.467 e. The van der Waals surface area contributed by atoms with E-state index in [9.17, 15) is 10.1 Å². The van der Waals surface area contributed by atoms with Gasteiger partial charge in [0.25, 0.3) is 0 Å². The fourth-order valence-electron chi connectivity index (χ4n) is 2.85. The van der Waals surface area contributed by atoms with Gasteiger partial charge in [0.15, 0.2) is 0 Å². The monoisotopic (exact) mass is 349 g/mol. The third-order valence-electron chi connectivity index (χ3n) is 4.08. The van der Waals surface area contributed by atoms with Crippen LogP contribution in [0.5, 0.6) is 0 Å². The number of carbonyl (C=O) groups excluding carboxylic acids is 1. The van der Waals surface area contributed by atoms with Crippen molar-refractivity contribution in [1.29, 1.82) is 5.26 Å². The summed E-state index contributed by atoms with van der Waals surface area (Å²) in [5.74, 6) is 0.279. The van der Waals surface area contributed by atoms with E-state index in [0.29, 0.717) is 23.4 Å². The number of nitrogens with one attached hydrogen (secondary N) is 1. The van der Waals surface area contributed by atoms with Gasteiger partial charge in [-0.3, -0.25) is 4.98 Å². The number of aryl methyl sites for hydroxylation is 1. The summed E-state index contributed by atoms with van der Waals surface area (Å²) in [5.41, 5.74) is 3.18. The Kier molecular flexibility index (Phi) is 5.18. The Morgan fingerprint density at radius 3 is 2.88 bits per heavy atom. The van der Waals surface area contributed by atoms with Crippen LogP contribution in [0.25, 0.3) is 10.9 Å². The molecule has 0 aliphatic rings. The Morgan fingerprint density at radius 2 is 2.23 bits per heavy atom. The van der Waals surface area contributed by atoms with Crippen LogP contribution in [0.2, 0.25) is 0 Å². The minimum atomic E-state index is -0.454. The first kappa shape index (κ1) is 17.5. The van der Waals surface area contributed by atoms with Crippen molar-refractivity contribution in [3.05, 3.63) is 59.2 Å². The summed E-state index contributed by atoms with van der Waals surface area (Å²) in [7, 11) is 0. The highest BCUT2D eigenvalue weighted by Crippen LogP contribution is 2.30. The van der Waals surface area contributed by atoms with Crippen LogP contribution in [0.15, 0.2) is 41.1 Å². The van der Waals surface area contributed by atoms with E-state index in [-0.39, 0.29) is 6.61 Å². The van der Waals surface area contributed by atoms with Gasteiger partial charge in [-0.15, -0.1) is 0 Å². The predicted molar refractivity (Wildman–Crippen MR) is 97.8 cm³/mol. The smallest absolute Gasteiger partial charge is 0.341 e. The second kappa shape index (κ2) is 7.70. The molecule has 2 heterocycles. The van der Waals surface area contributed by atoms with Crippen molar-refractivity contribution in [2.75, 3.05) is 11.9 Å². The lowest BCUT2D eigenvalue weighted by molar-refractivity contribution is 0.0527. The van der Waals surface area contributed by atoms with Gasteiger partial charge in [-0.1, -0.05) is 6.92 Å². The van der Waals surface area contributed by atoms with Gasteiger partial charge in [-0.25, -0.2) is 4.79 Å². The fraction of sp³-hybridized carbons (Fsp3) is 0.250.